The van der Waals surface area contributed by atoms with Gasteiger partial charge in [-0.1, -0.05) is 12.1 Å². The van der Waals surface area contributed by atoms with Gasteiger partial charge >= 0.3 is 0 Å². The van der Waals surface area contributed by atoms with Gasteiger partial charge in [0.05, 0.1) is 30.4 Å². The van der Waals surface area contributed by atoms with Crippen molar-refractivity contribution in [3.8, 4) is 5.75 Å². The number of halogens is 1. The Kier molecular flexibility index (Phi) is 4.71. The second kappa shape index (κ2) is 6.94. The summed E-state index contributed by atoms with van der Waals surface area (Å²) in [5.41, 5.74) is 1.29. The Morgan fingerprint density at radius 3 is 2.68 bits per heavy atom. The molecule has 0 fully saturated rings. The highest BCUT2D eigenvalue weighted by atomic mass is 32.2. The molecule has 130 valence electrons. The van der Waals surface area contributed by atoms with E-state index in [0.717, 1.165) is 23.4 Å². The zero-order valence-electron chi connectivity index (χ0n) is 13.4. The number of anilines is 1. The first-order valence-electron chi connectivity index (χ1n) is 7.40. The number of rotatable bonds is 6. The summed E-state index contributed by atoms with van der Waals surface area (Å²) >= 11 is 0. The Morgan fingerprint density at radius 2 is 1.96 bits per heavy atom. The Labute approximate surface area is 144 Å². The van der Waals surface area contributed by atoms with Gasteiger partial charge in [-0.3, -0.25) is 9.40 Å². The zero-order chi connectivity index (χ0) is 17.9. The summed E-state index contributed by atoms with van der Waals surface area (Å²) < 4.78 is 46.7. The van der Waals surface area contributed by atoms with E-state index in [-0.39, 0.29) is 4.90 Å². The van der Waals surface area contributed by atoms with E-state index in [9.17, 15) is 12.8 Å². The number of nitrogens with one attached hydrogen (secondary N) is 1. The predicted octanol–water partition coefficient (Wildman–Crippen LogP) is 2.88. The van der Waals surface area contributed by atoms with E-state index in [1.807, 2.05) is 24.3 Å². The van der Waals surface area contributed by atoms with Crippen molar-refractivity contribution in [2.45, 2.75) is 11.4 Å². The molecule has 3 rings (SSSR count). The fourth-order valence-corrected chi connectivity index (χ4v) is 3.32. The molecule has 0 aliphatic carbocycles. The molecule has 2 aromatic carbocycles. The maximum Gasteiger partial charge on any atom is 0.261 e. The van der Waals surface area contributed by atoms with E-state index in [1.165, 1.54) is 18.3 Å². The Bertz CT molecular complexity index is 969. The molecule has 0 radical (unpaired) electrons. The van der Waals surface area contributed by atoms with Crippen molar-refractivity contribution in [2.75, 3.05) is 11.8 Å². The van der Waals surface area contributed by atoms with Crippen LogP contribution in [0.2, 0.25) is 0 Å². The fourth-order valence-electron chi connectivity index (χ4n) is 2.29. The van der Waals surface area contributed by atoms with Crippen LogP contribution in [0.5, 0.6) is 5.75 Å². The van der Waals surface area contributed by atoms with Crippen molar-refractivity contribution in [1.29, 1.82) is 0 Å². The topological polar surface area (TPSA) is 73.2 Å². The van der Waals surface area contributed by atoms with Gasteiger partial charge in [-0.2, -0.15) is 5.10 Å². The van der Waals surface area contributed by atoms with E-state index < -0.39 is 15.8 Å². The maximum atomic E-state index is 12.9. The number of sulfonamides is 1. The summed E-state index contributed by atoms with van der Waals surface area (Å²) in [4.78, 5) is -0.0190. The monoisotopic (exact) mass is 361 g/mol. The summed E-state index contributed by atoms with van der Waals surface area (Å²) in [5.74, 6) is 0.243. The van der Waals surface area contributed by atoms with Gasteiger partial charge in [-0.05, 0) is 42.0 Å². The Balaban J connectivity index is 1.73. The molecule has 0 saturated carbocycles. The van der Waals surface area contributed by atoms with Crippen LogP contribution in [0.3, 0.4) is 0 Å². The molecule has 0 spiro atoms. The zero-order valence-corrected chi connectivity index (χ0v) is 14.2. The number of aromatic nitrogens is 2. The number of hydrogen-bond acceptors (Lipinski definition) is 4. The second-order valence-corrected chi connectivity index (χ2v) is 7.02. The summed E-state index contributed by atoms with van der Waals surface area (Å²) in [7, 11) is -2.20. The highest BCUT2D eigenvalue weighted by Crippen LogP contribution is 2.17. The molecule has 0 aliphatic rings. The van der Waals surface area contributed by atoms with Crippen LogP contribution in [0.25, 0.3) is 0 Å². The van der Waals surface area contributed by atoms with Crippen molar-refractivity contribution in [1.82, 2.24) is 9.78 Å². The van der Waals surface area contributed by atoms with Crippen molar-refractivity contribution < 1.29 is 17.5 Å². The standard InChI is InChI=1S/C17H16FN3O3S/c1-24-16-4-2-3-13(9-16)11-21-12-15(10-19-21)20-25(22,23)17-7-5-14(18)6-8-17/h2-10,12,20H,11H2,1H3. The first-order valence-corrected chi connectivity index (χ1v) is 8.88. The normalized spacial score (nSPS) is 11.3. The molecule has 0 aliphatic heterocycles. The minimum Gasteiger partial charge on any atom is -0.497 e. The highest BCUT2D eigenvalue weighted by Gasteiger charge is 2.15. The van der Waals surface area contributed by atoms with E-state index in [1.54, 1.807) is 18.0 Å². The minimum absolute atomic E-state index is 0.0190. The largest absolute Gasteiger partial charge is 0.497 e. The first-order chi connectivity index (χ1) is 12.0. The molecule has 8 heteroatoms. The molecule has 25 heavy (non-hydrogen) atoms. The third kappa shape index (κ3) is 4.16. The average Bonchev–Trinajstić information content (AvgIpc) is 3.01. The molecule has 1 N–H and O–H groups in total. The van der Waals surface area contributed by atoms with Gasteiger partial charge in [-0.25, -0.2) is 12.8 Å². The number of ether oxygens (including phenoxy) is 1. The molecule has 3 aromatic rings. The van der Waals surface area contributed by atoms with Crippen LogP contribution in [0.1, 0.15) is 5.56 Å². The van der Waals surface area contributed by atoms with E-state index in [4.69, 9.17) is 4.74 Å². The van der Waals surface area contributed by atoms with Gasteiger partial charge in [0.2, 0.25) is 0 Å². The fraction of sp³-hybridized carbons (Fsp3) is 0.118. The molecule has 0 saturated heterocycles. The van der Waals surface area contributed by atoms with Gasteiger partial charge in [-0.15, -0.1) is 0 Å². The maximum absolute atomic E-state index is 12.9. The van der Waals surface area contributed by atoms with E-state index >= 15 is 0 Å². The van der Waals surface area contributed by atoms with Crippen LogP contribution in [-0.2, 0) is 16.6 Å². The van der Waals surface area contributed by atoms with Gasteiger partial charge in [0.1, 0.15) is 11.6 Å². The molecule has 0 amide bonds. The number of benzene rings is 2. The lowest BCUT2D eigenvalue weighted by Crippen LogP contribution is -2.12. The highest BCUT2D eigenvalue weighted by molar-refractivity contribution is 7.92. The van der Waals surface area contributed by atoms with Gasteiger partial charge in [0, 0.05) is 6.20 Å². The Hall–Kier alpha value is -2.87. The third-order valence-electron chi connectivity index (χ3n) is 3.49. The third-order valence-corrected chi connectivity index (χ3v) is 4.89. The lowest BCUT2D eigenvalue weighted by atomic mass is 10.2. The molecule has 6 nitrogen and oxygen atoms in total. The molecule has 0 atom stereocenters. The number of methoxy groups -OCH3 is 1. The second-order valence-electron chi connectivity index (χ2n) is 5.34. The SMILES string of the molecule is COc1cccc(Cn2cc(NS(=O)(=O)c3ccc(F)cc3)cn2)c1. The smallest absolute Gasteiger partial charge is 0.261 e. The molecular weight excluding hydrogens is 345 g/mol. The minimum atomic E-state index is -3.79. The summed E-state index contributed by atoms with van der Waals surface area (Å²) in [6.45, 7) is 0.468. The van der Waals surface area contributed by atoms with Crippen molar-refractivity contribution >= 4 is 15.7 Å². The van der Waals surface area contributed by atoms with Crippen LogP contribution in [0, 0.1) is 5.82 Å². The van der Waals surface area contributed by atoms with Crippen molar-refractivity contribution in [3.63, 3.8) is 0 Å². The van der Waals surface area contributed by atoms with Crippen LogP contribution >= 0.6 is 0 Å². The predicted molar refractivity (Wildman–Crippen MR) is 91.5 cm³/mol. The number of hydrogen-bond donors (Lipinski definition) is 1. The summed E-state index contributed by atoms with van der Waals surface area (Å²) in [6.07, 6.45) is 3.00. The van der Waals surface area contributed by atoms with Gasteiger partial charge in [0.25, 0.3) is 10.0 Å². The molecule has 1 heterocycles. The van der Waals surface area contributed by atoms with Crippen molar-refractivity contribution in [2.24, 2.45) is 0 Å². The van der Waals surface area contributed by atoms with Crippen molar-refractivity contribution in [3.05, 3.63) is 72.3 Å². The average molecular weight is 361 g/mol. The molecule has 1 aromatic heterocycles. The van der Waals surface area contributed by atoms with E-state index in [2.05, 4.69) is 9.82 Å². The van der Waals surface area contributed by atoms with Crippen LogP contribution in [0.4, 0.5) is 10.1 Å². The van der Waals surface area contributed by atoms with Gasteiger partial charge < -0.3 is 4.74 Å². The summed E-state index contributed by atoms with van der Waals surface area (Å²) in [5, 5.41) is 4.15. The quantitative estimate of drug-likeness (QED) is 0.733. The first kappa shape index (κ1) is 17.0. The summed E-state index contributed by atoms with van der Waals surface area (Å²) in [6, 6.07) is 12.1. The van der Waals surface area contributed by atoms with Gasteiger partial charge in [0.15, 0.2) is 0 Å². The molecular formula is C17H16FN3O3S. The van der Waals surface area contributed by atoms with E-state index in [0.29, 0.717) is 12.2 Å². The molecule has 0 unspecified atom stereocenters. The lowest BCUT2D eigenvalue weighted by Gasteiger charge is -2.06. The number of nitrogens with zero attached hydrogens (tertiary/aromatic N) is 2. The van der Waals surface area contributed by atoms with Crippen LogP contribution < -0.4 is 9.46 Å². The van der Waals surface area contributed by atoms with Crippen LogP contribution in [0.15, 0.2) is 65.8 Å². The lowest BCUT2D eigenvalue weighted by molar-refractivity contribution is 0.414. The molecule has 0 bridgehead atoms. The van der Waals surface area contributed by atoms with Crippen LogP contribution in [-0.4, -0.2) is 25.3 Å². The Morgan fingerprint density at radius 1 is 1.20 bits per heavy atom.